The number of ether oxygens (including phenoxy) is 1. The molecule has 0 spiro atoms. The van der Waals surface area contributed by atoms with Crippen LogP contribution in [0.1, 0.15) is 32.4 Å². The lowest BCUT2D eigenvalue weighted by Gasteiger charge is -2.34. The zero-order valence-corrected chi connectivity index (χ0v) is 11.6. The molecule has 0 aromatic carbocycles. The summed E-state index contributed by atoms with van der Waals surface area (Å²) in [6.45, 7) is 9.79. The number of aromatic nitrogens is 2. The second kappa shape index (κ2) is 5.61. The molecule has 1 aliphatic rings. The van der Waals surface area contributed by atoms with E-state index in [-0.39, 0.29) is 0 Å². The summed E-state index contributed by atoms with van der Waals surface area (Å²) >= 11 is 0. The second-order valence-electron chi connectivity index (χ2n) is 4.89. The number of morpholine rings is 1. The van der Waals surface area contributed by atoms with E-state index < -0.39 is 0 Å². The molecule has 1 aromatic heterocycles. The molecule has 1 aromatic rings. The highest BCUT2D eigenvalue weighted by Crippen LogP contribution is 2.28. The van der Waals surface area contributed by atoms with E-state index in [0.717, 1.165) is 56.3 Å². The SMILES string of the molecule is CCCn1nc(C)c(N)c1N1CCOC(CC)C1. The Morgan fingerprint density at radius 3 is 2.89 bits per heavy atom. The van der Waals surface area contributed by atoms with E-state index in [1.54, 1.807) is 0 Å². The molecule has 5 nitrogen and oxygen atoms in total. The zero-order valence-electron chi connectivity index (χ0n) is 11.6. The molecule has 18 heavy (non-hydrogen) atoms. The van der Waals surface area contributed by atoms with E-state index in [0.29, 0.717) is 6.10 Å². The molecule has 1 aliphatic heterocycles. The minimum Gasteiger partial charge on any atom is -0.394 e. The number of aryl methyl sites for hydroxylation is 2. The van der Waals surface area contributed by atoms with E-state index in [2.05, 4.69) is 23.8 Å². The molecule has 0 radical (unpaired) electrons. The molecule has 0 saturated carbocycles. The van der Waals surface area contributed by atoms with Crippen molar-refractivity contribution in [3.05, 3.63) is 5.69 Å². The summed E-state index contributed by atoms with van der Waals surface area (Å²) in [5.41, 5.74) is 7.93. The molecule has 102 valence electrons. The van der Waals surface area contributed by atoms with Gasteiger partial charge in [-0.15, -0.1) is 0 Å². The molecule has 5 heteroatoms. The highest BCUT2D eigenvalue weighted by atomic mass is 16.5. The first-order valence-corrected chi connectivity index (χ1v) is 6.86. The minimum atomic E-state index is 0.309. The fourth-order valence-electron chi connectivity index (χ4n) is 2.44. The molecule has 1 saturated heterocycles. The van der Waals surface area contributed by atoms with Crippen molar-refractivity contribution in [3.8, 4) is 0 Å². The van der Waals surface area contributed by atoms with Gasteiger partial charge in [0.15, 0.2) is 5.82 Å². The summed E-state index contributed by atoms with van der Waals surface area (Å²) < 4.78 is 7.76. The minimum absolute atomic E-state index is 0.309. The van der Waals surface area contributed by atoms with Crippen molar-refractivity contribution in [2.45, 2.75) is 46.3 Å². The molecule has 0 bridgehead atoms. The van der Waals surface area contributed by atoms with Gasteiger partial charge in [0.05, 0.1) is 24.1 Å². The first-order chi connectivity index (χ1) is 8.67. The Kier molecular flexibility index (Phi) is 4.11. The van der Waals surface area contributed by atoms with Gasteiger partial charge in [-0.05, 0) is 19.8 Å². The van der Waals surface area contributed by atoms with Gasteiger partial charge >= 0.3 is 0 Å². The van der Waals surface area contributed by atoms with Crippen LogP contribution >= 0.6 is 0 Å². The fraction of sp³-hybridized carbons (Fsp3) is 0.769. The third-order valence-electron chi connectivity index (χ3n) is 3.47. The first-order valence-electron chi connectivity index (χ1n) is 6.86. The third kappa shape index (κ3) is 2.46. The lowest BCUT2D eigenvalue weighted by Crippen LogP contribution is -2.43. The number of hydrogen-bond donors (Lipinski definition) is 1. The van der Waals surface area contributed by atoms with E-state index in [9.17, 15) is 0 Å². The van der Waals surface area contributed by atoms with Crippen LogP contribution in [-0.4, -0.2) is 35.6 Å². The monoisotopic (exact) mass is 252 g/mol. The van der Waals surface area contributed by atoms with E-state index in [1.807, 2.05) is 11.6 Å². The number of nitrogens with two attached hydrogens (primary N) is 1. The quantitative estimate of drug-likeness (QED) is 0.887. The third-order valence-corrected chi connectivity index (χ3v) is 3.47. The van der Waals surface area contributed by atoms with Crippen LogP contribution in [0.4, 0.5) is 11.5 Å². The van der Waals surface area contributed by atoms with Crippen molar-refractivity contribution in [2.75, 3.05) is 30.3 Å². The van der Waals surface area contributed by atoms with Crippen molar-refractivity contribution in [2.24, 2.45) is 0 Å². The molecule has 2 N–H and O–H groups in total. The number of nitrogen functional groups attached to an aromatic ring is 1. The number of rotatable bonds is 4. The summed E-state index contributed by atoms with van der Waals surface area (Å²) in [4.78, 5) is 2.32. The Labute approximate surface area is 109 Å². The van der Waals surface area contributed by atoms with Crippen LogP contribution in [0.2, 0.25) is 0 Å². The van der Waals surface area contributed by atoms with Crippen LogP contribution in [-0.2, 0) is 11.3 Å². The zero-order chi connectivity index (χ0) is 13.1. The van der Waals surface area contributed by atoms with Gasteiger partial charge in [0.2, 0.25) is 0 Å². The van der Waals surface area contributed by atoms with Crippen molar-refractivity contribution in [3.63, 3.8) is 0 Å². The lowest BCUT2D eigenvalue weighted by atomic mass is 10.2. The number of anilines is 2. The Balaban J connectivity index is 2.25. The molecule has 2 heterocycles. The predicted octanol–water partition coefficient (Wildman–Crippen LogP) is 1.80. The average Bonchev–Trinajstić information content (AvgIpc) is 2.65. The summed E-state index contributed by atoms with van der Waals surface area (Å²) in [6.07, 6.45) is 2.41. The number of hydrogen-bond acceptors (Lipinski definition) is 4. The maximum Gasteiger partial charge on any atom is 0.150 e. The summed E-state index contributed by atoms with van der Waals surface area (Å²) in [5, 5.41) is 4.54. The lowest BCUT2D eigenvalue weighted by molar-refractivity contribution is 0.0379. The number of nitrogens with zero attached hydrogens (tertiary/aromatic N) is 3. The van der Waals surface area contributed by atoms with Crippen LogP contribution in [0, 0.1) is 6.92 Å². The highest BCUT2D eigenvalue weighted by Gasteiger charge is 2.24. The van der Waals surface area contributed by atoms with Crippen molar-refractivity contribution in [1.29, 1.82) is 0 Å². The molecular formula is C13H24N4O. The molecule has 0 amide bonds. The molecule has 0 aliphatic carbocycles. The summed E-state index contributed by atoms with van der Waals surface area (Å²) in [7, 11) is 0. The van der Waals surface area contributed by atoms with Crippen LogP contribution < -0.4 is 10.6 Å². The van der Waals surface area contributed by atoms with Gasteiger partial charge in [-0.2, -0.15) is 5.10 Å². The Morgan fingerprint density at radius 1 is 1.44 bits per heavy atom. The van der Waals surface area contributed by atoms with E-state index in [4.69, 9.17) is 10.5 Å². The summed E-state index contributed by atoms with van der Waals surface area (Å²) in [5.74, 6) is 1.08. The first kappa shape index (κ1) is 13.2. The van der Waals surface area contributed by atoms with Crippen LogP contribution in [0.15, 0.2) is 0 Å². The molecule has 2 rings (SSSR count). The standard InChI is InChI=1S/C13H24N4O/c1-4-6-17-13(12(14)10(3)15-17)16-7-8-18-11(5-2)9-16/h11H,4-9,14H2,1-3H3. The van der Waals surface area contributed by atoms with Crippen LogP contribution in [0.5, 0.6) is 0 Å². The smallest absolute Gasteiger partial charge is 0.150 e. The normalized spacial score (nSPS) is 20.4. The second-order valence-corrected chi connectivity index (χ2v) is 4.89. The van der Waals surface area contributed by atoms with Gasteiger partial charge in [0.25, 0.3) is 0 Å². The Bertz CT molecular complexity index is 402. The van der Waals surface area contributed by atoms with E-state index >= 15 is 0 Å². The van der Waals surface area contributed by atoms with Gasteiger partial charge in [-0.3, -0.25) is 0 Å². The van der Waals surface area contributed by atoms with Gasteiger partial charge in [0.1, 0.15) is 0 Å². The predicted molar refractivity (Wildman–Crippen MR) is 73.9 cm³/mol. The molecule has 1 unspecified atom stereocenters. The Hall–Kier alpha value is -1.23. The van der Waals surface area contributed by atoms with Crippen LogP contribution in [0.25, 0.3) is 0 Å². The summed E-state index contributed by atoms with van der Waals surface area (Å²) in [6, 6.07) is 0. The topological polar surface area (TPSA) is 56.3 Å². The van der Waals surface area contributed by atoms with E-state index in [1.165, 1.54) is 0 Å². The molecule has 1 fully saturated rings. The molecular weight excluding hydrogens is 228 g/mol. The highest BCUT2D eigenvalue weighted by molar-refractivity contribution is 5.66. The Morgan fingerprint density at radius 2 is 2.22 bits per heavy atom. The maximum absolute atomic E-state index is 6.19. The largest absolute Gasteiger partial charge is 0.394 e. The van der Waals surface area contributed by atoms with Crippen molar-refractivity contribution in [1.82, 2.24) is 9.78 Å². The van der Waals surface area contributed by atoms with Crippen LogP contribution in [0.3, 0.4) is 0 Å². The van der Waals surface area contributed by atoms with Crippen molar-refractivity contribution >= 4 is 11.5 Å². The van der Waals surface area contributed by atoms with Gasteiger partial charge < -0.3 is 15.4 Å². The van der Waals surface area contributed by atoms with Gasteiger partial charge in [-0.1, -0.05) is 13.8 Å². The maximum atomic E-state index is 6.19. The average molecular weight is 252 g/mol. The fourth-order valence-corrected chi connectivity index (χ4v) is 2.44. The van der Waals surface area contributed by atoms with Gasteiger partial charge in [-0.25, -0.2) is 4.68 Å². The van der Waals surface area contributed by atoms with Crippen molar-refractivity contribution < 1.29 is 4.74 Å². The molecule has 1 atom stereocenters. The van der Waals surface area contributed by atoms with Gasteiger partial charge in [0, 0.05) is 19.6 Å².